The topological polar surface area (TPSA) is 67.2 Å². The van der Waals surface area contributed by atoms with Crippen molar-refractivity contribution in [1.29, 1.82) is 0 Å². The molecule has 29 heavy (non-hydrogen) atoms. The van der Waals surface area contributed by atoms with E-state index in [1.54, 1.807) is 11.6 Å². The number of para-hydroxylation sites is 2. The number of hydrogen-bond donors (Lipinski definition) is 2. The molecule has 2 N–H and O–H groups in total. The number of hydrogen-bond acceptors (Lipinski definition) is 3. The molecule has 0 saturated carbocycles. The van der Waals surface area contributed by atoms with Gasteiger partial charge in [-0.25, -0.2) is 10.5 Å². The number of carbonyl (C=O) groups is 1. The maximum absolute atomic E-state index is 11.1. The highest BCUT2D eigenvalue weighted by molar-refractivity contribution is 5.80. The molecule has 3 aromatic rings. The monoisotopic (exact) mass is 393 g/mol. The fraction of sp³-hybridized carbons (Fsp3) is 0.250. The number of imidazole rings is 1. The van der Waals surface area contributed by atoms with Crippen molar-refractivity contribution in [3.05, 3.63) is 79.4 Å². The molecule has 1 heterocycles. The van der Waals surface area contributed by atoms with Crippen molar-refractivity contribution in [2.45, 2.75) is 33.1 Å². The number of aryl methyl sites for hydroxylation is 2. The standard InChI is InChI=1S/C17H17N3O2.C4H8.C3H6/c1-20-15-8-3-2-7-14(15)18-17(20)13-6-4-5-12(11-13)9-10-16(21)19-22;1-3-4-2;1-3-2/h2-8,11,22H,9-10H2,1H3,(H,19,21);3H,1,4H2,2H3;3H,1H2,2H3. The van der Waals surface area contributed by atoms with E-state index in [4.69, 9.17) is 5.21 Å². The Hall–Kier alpha value is -3.18. The number of rotatable bonds is 5. The summed E-state index contributed by atoms with van der Waals surface area (Å²) in [6.45, 7) is 10.8. The van der Waals surface area contributed by atoms with Crippen molar-refractivity contribution in [2.24, 2.45) is 7.05 Å². The molecular weight excluding hydrogens is 362 g/mol. The third-order valence-corrected chi connectivity index (χ3v) is 4.03. The zero-order valence-electron chi connectivity index (χ0n) is 17.6. The van der Waals surface area contributed by atoms with Crippen molar-refractivity contribution in [3.63, 3.8) is 0 Å². The second-order valence-corrected chi connectivity index (χ2v) is 6.32. The minimum Gasteiger partial charge on any atom is -0.327 e. The number of nitrogens with one attached hydrogen (secondary N) is 1. The molecule has 2 aromatic carbocycles. The van der Waals surface area contributed by atoms with Gasteiger partial charge in [0.25, 0.3) is 0 Å². The third kappa shape index (κ3) is 7.39. The predicted molar refractivity (Wildman–Crippen MR) is 121 cm³/mol. The fourth-order valence-corrected chi connectivity index (χ4v) is 2.58. The van der Waals surface area contributed by atoms with E-state index in [1.807, 2.05) is 68.6 Å². The Labute approximate surface area is 173 Å². The summed E-state index contributed by atoms with van der Waals surface area (Å²) in [7, 11) is 2.00. The molecule has 154 valence electrons. The number of hydroxylamine groups is 1. The van der Waals surface area contributed by atoms with Crippen LogP contribution in [0.25, 0.3) is 22.4 Å². The SMILES string of the molecule is C=CC.C=CCC.Cn1c(-c2cccc(CCC(=O)NO)c2)nc2ccccc21. The van der Waals surface area contributed by atoms with Gasteiger partial charge < -0.3 is 4.57 Å². The van der Waals surface area contributed by atoms with E-state index in [0.29, 0.717) is 6.42 Å². The van der Waals surface area contributed by atoms with Gasteiger partial charge >= 0.3 is 0 Å². The van der Waals surface area contributed by atoms with Crippen LogP contribution in [0.2, 0.25) is 0 Å². The van der Waals surface area contributed by atoms with E-state index in [9.17, 15) is 4.79 Å². The second-order valence-electron chi connectivity index (χ2n) is 6.32. The summed E-state index contributed by atoms with van der Waals surface area (Å²) < 4.78 is 2.06. The molecule has 0 spiro atoms. The lowest BCUT2D eigenvalue weighted by molar-refractivity contribution is -0.129. The molecule has 5 nitrogen and oxygen atoms in total. The number of aromatic nitrogens is 2. The summed E-state index contributed by atoms with van der Waals surface area (Å²) in [5.41, 5.74) is 5.75. The molecule has 0 aliphatic heterocycles. The van der Waals surface area contributed by atoms with Crippen LogP contribution in [-0.4, -0.2) is 20.7 Å². The summed E-state index contributed by atoms with van der Waals surface area (Å²) in [5, 5.41) is 8.55. The first-order chi connectivity index (χ1) is 14.0. The van der Waals surface area contributed by atoms with Gasteiger partial charge in [0.05, 0.1) is 11.0 Å². The maximum Gasteiger partial charge on any atom is 0.243 e. The summed E-state index contributed by atoms with van der Waals surface area (Å²) in [4.78, 5) is 15.8. The van der Waals surface area contributed by atoms with Crippen LogP contribution in [0.1, 0.15) is 32.3 Å². The van der Waals surface area contributed by atoms with E-state index in [-0.39, 0.29) is 12.3 Å². The minimum atomic E-state index is -0.381. The molecule has 0 aliphatic rings. The quantitative estimate of drug-likeness (QED) is 0.344. The molecule has 5 heteroatoms. The minimum absolute atomic E-state index is 0.252. The highest BCUT2D eigenvalue weighted by atomic mass is 16.5. The third-order valence-electron chi connectivity index (χ3n) is 4.03. The van der Waals surface area contributed by atoms with Gasteiger partial charge in [0.2, 0.25) is 5.91 Å². The highest BCUT2D eigenvalue weighted by Gasteiger charge is 2.10. The van der Waals surface area contributed by atoms with Crippen LogP contribution < -0.4 is 5.48 Å². The second kappa shape index (κ2) is 13.1. The summed E-state index contributed by atoms with van der Waals surface area (Å²) in [5.74, 6) is 0.516. The molecule has 0 fully saturated rings. The van der Waals surface area contributed by atoms with Gasteiger partial charge in [-0.05, 0) is 43.5 Å². The van der Waals surface area contributed by atoms with Gasteiger partial charge in [-0.2, -0.15) is 0 Å². The average Bonchev–Trinajstić information content (AvgIpc) is 3.10. The average molecular weight is 394 g/mol. The summed E-state index contributed by atoms with van der Waals surface area (Å²) in [6.07, 6.45) is 5.53. The Kier molecular flexibility index (Phi) is 10.8. The Morgan fingerprint density at radius 3 is 2.45 bits per heavy atom. The summed E-state index contributed by atoms with van der Waals surface area (Å²) in [6, 6.07) is 16.0. The first kappa shape index (κ1) is 23.9. The number of fused-ring (bicyclic) bond motifs is 1. The fourth-order valence-electron chi connectivity index (χ4n) is 2.58. The first-order valence-electron chi connectivity index (χ1n) is 9.63. The van der Waals surface area contributed by atoms with Crippen molar-refractivity contribution in [2.75, 3.05) is 0 Å². The maximum atomic E-state index is 11.1. The molecule has 0 atom stereocenters. The van der Waals surface area contributed by atoms with E-state index in [1.165, 1.54) is 0 Å². The molecule has 0 unspecified atom stereocenters. The van der Waals surface area contributed by atoms with Crippen molar-refractivity contribution < 1.29 is 10.0 Å². The number of benzene rings is 2. The van der Waals surface area contributed by atoms with Crippen molar-refractivity contribution in [3.8, 4) is 11.4 Å². The number of amides is 1. The lowest BCUT2D eigenvalue weighted by atomic mass is 10.1. The summed E-state index contributed by atoms with van der Waals surface area (Å²) >= 11 is 0. The van der Waals surface area contributed by atoms with E-state index in [2.05, 4.69) is 29.6 Å². The molecule has 0 bridgehead atoms. The van der Waals surface area contributed by atoms with Crippen LogP contribution in [0.3, 0.4) is 0 Å². The molecule has 0 saturated heterocycles. The van der Waals surface area contributed by atoms with Crippen LogP contribution >= 0.6 is 0 Å². The van der Waals surface area contributed by atoms with Gasteiger partial charge in [0, 0.05) is 19.0 Å². The van der Waals surface area contributed by atoms with Crippen LogP contribution in [-0.2, 0) is 18.3 Å². The van der Waals surface area contributed by atoms with Crippen LogP contribution in [0.4, 0.5) is 0 Å². The van der Waals surface area contributed by atoms with Crippen molar-refractivity contribution in [1.82, 2.24) is 15.0 Å². The molecule has 0 radical (unpaired) electrons. The normalized spacial score (nSPS) is 9.52. The van der Waals surface area contributed by atoms with Gasteiger partial charge in [-0.15, -0.1) is 13.2 Å². The van der Waals surface area contributed by atoms with E-state index < -0.39 is 0 Å². The number of allylic oxidation sites excluding steroid dienone is 2. The molecule has 1 aromatic heterocycles. The molecule has 0 aliphatic carbocycles. The Morgan fingerprint density at radius 2 is 1.86 bits per heavy atom. The lowest BCUT2D eigenvalue weighted by Crippen LogP contribution is -2.18. The van der Waals surface area contributed by atoms with Crippen molar-refractivity contribution >= 4 is 16.9 Å². The van der Waals surface area contributed by atoms with Gasteiger partial charge in [0.1, 0.15) is 5.82 Å². The molecule has 3 rings (SSSR count). The zero-order valence-corrected chi connectivity index (χ0v) is 17.6. The highest BCUT2D eigenvalue weighted by Crippen LogP contribution is 2.24. The Balaban J connectivity index is 0.000000526. The largest absolute Gasteiger partial charge is 0.327 e. The van der Waals surface area contributed by atoms with Gasteiger partial charge in [-0.1, -0.05) is 49.4 Å². The zero-order chi connectivity index (χ0) is 21.6. The van der Waals surface area contributed by atoms with Crippen LogP contribution in [0, 0.1) is 0 Å². The Morgan fingerprint density at radius 1 is 1.21 bits per heavy atom. The van der Waals surface area contributed by atoms with Crippen LogP contribution in [0.15, 0.2) is 73.8 Å². The molecular formula is C24H31N3O2. The predicted octanol–water partition coefficient (Wildman–Crippen LogP) is 5.45. The van der Waals surface area contributed by atoms with Crippen LogP contribution in [0.5, 0.6) is 0 Å². The first-order valence-corrected chi connectivity index (χ1v) is 9.63. The Bertz CT molecular complexity index is 929. The molecule has 1 amide bonds. The number of carbonyl (C=O) groups excluding carboxylic acids is 1. The lowest BCUT2D eigenvalue weighted by Gasteiger charge is -2.05. The smallest absolute Gasteiger partial charge is 0.243 e. The van der Waals surface area contributed by atoms with Gasteiger partial charge in [-0.3, -0.25) is 10.0 Å². The van der Waals surface area contributed by atoms with E-state index >= 15 is 0 Å². The van der Waals surface area contributed by atoms with E-state index in [0.717, 1.165) is 34.4 Å². The number of nitrogens with zero attached hydrogens (tertiary/aromatic N) is 2. The van der Waals surface area contributed by atoms with Gasteiger partial charge in [0.15, 0.2) is 0 Å².